The summed E-state index contributed by atoms with van der Waals surface area (Å²) in [6.45, 7) is 12.2. The molecule has 0 fully saturated rings. The lowest BCUT2D eigenvalue weighted by Gasteiger charge is -2.12. The van der Waals surface area contributed by atoms with Crippen LogP contribution < -0.4 is 18.9 Å². The monoisotopic (exact) mass is 1020 g/mol. The maximum Gasteiger partial charge on any atom is 0.123 e. The van der Waals surface area contributed by atoms with Crippen LogP contribution in [0.2, 0.25) is 0 Å². The molecule has 0 amide bonds. The molecule has 1 aliphatic heterocycles. The predicted octanol–water partition coefficient (Wildman–Crippen LogP) is 7.09. The fraction of sp³-hybridized carbons (Fsp3) is 0.538. The third-order valence-electron chi connectivity index (χ3n) is 10.0. The Morgan fingerprint density at radius 2 is 0.414 bits per heavy atom. The summed E-state index contributed by atoms with van der Waals surface area (Å²) in [4.78, 5) is 1.70. The van der Waals surface area contributed by atoms with E-state index in [1.54, 1.807) is 0 Å². The van der Waals surface area contributed by atoms with E-state index in [9.17, 15) is 0 Å². The Balaban J connectivity index is 0.960. The average Bonchev–Trinajstić information content (AvgIpc) is 3.37. The van der Waals surface area contributed by atoms with Crippen LogP contribution in [0.15, 0.2) is 94.7 Å². The van der Waals surface area contributed by atoms with Crippen molar-refractivity contribution in [1.82, 2.24) is 0 Å². The van der Waals surface area contributed by atoms with Crippen molar-refractivity contribution >= 4 is 25.3 Å². The van der Waals surface area contributed by atoms with Gasteiger partial charge in [0, 0.05) is 21.9 Å². The summed E-state index contributed by atoms with van der Waals surface area (Å²) in [5.41, 5.74) is 3.94. The van der Waals surface area contributed by atoms with E-state index < -0.39 is 0 Å². The van der Waals surface area contributed by atoms with Crippen molar-refractivity contribution in [3.63, 3.8) is 0 Å². The van der Waals surface area contributed by atoms with Crippen LogP contribution in [0.5, 0.6) is 23.0 Å². The minimum atomic E-state index is 0.400. The van der Waals surface area contributed by atoms with Gasteiger partial charge in [0.15, 0.2) is 0 Å². The number of rotatable bonds is 0. The van der Waals surface area contributed by atoms with E-state index in [2.05, 4.69) is 0 Å². The molecular weight excluding hydrogens is 945 g/mol. The molecule has 0 spiro atoms. The summed E-state index contributed by atoms with van der Waals surface area (Å²) in [7, 11) is 0. The lowest BCUT2D eigenvalue weighted by Crippen LogP contribution is -2.13. The lowest BCUT2D eigenvalue weighted by atomic mass is 10.1. The molecule has 0 unspecified atom stereocenters. The smallest absolute Gasteiger partial charge is 0.123 e. The number of hydrogen-bond donors (Lipinski definition) is 2. The molecule has 0 N–H and O–H groups in total. The first-order valence-electron chi connectivity index (χ1n) is 23.9. The quantitative estimate of drug-likeness (QED) is 0.173. The summed E-state index contributed by atoms with van der Waals surface area (Å²) >= 11 is 9.47. The van der Waals surface area contributed by atoms with E-state index >= 15 is 0 Å². The highest BCUT2D eigenvalue weighted by molar-refractivity contribution is 7.80. The summed E-state index contributed by atoms with van der Waals surface area (Å²) in [5, 5.41) is 0. The van der Waals surface area contributed by atoms with Crippen molar-refractivity contribution in [2.45, 2.75) is 36.2 Å². The average molecular weight is 1020 g/mol. The first-order chi connectivity index (χ1) is 34.7. The fourth-order valence-electron chi connectivity index (χ4n) is 6.42. The van der Waals surface area contributed by atoms with Crippen LogP contribution in [-0.2, 0) is 83.3 Å². The number of thiol groups is 2. The van der Waals surface area contributed by atoms with Crippen molar-refractivity contribution in [3.05, 3.63) is 107 Å². The van der Waals surface area contributed by atoms with Gasteiger partial charge in [-0.25, -0.2) is 0 Å². The molecule has 8 bridgehead atoms. The van der Waals surface area contributed by atoms with Crippen molar-refractivity contribution in [3.8, 4) is 23.0 Å². The van der Waals surface area contributed by atoms with E-state index in [1.165, 1.54) is 0 Å². The Bertz CT molecular complexity index is 1690. The van der Waals surface area contributed by atoms with Crippen LogP contribution in [0.3, 0.4) is 0 Å². The molecule has 5 rings (SSSR count). The highest BCUT2D eigenvalue weighted by atomic mass is 32.1. The molecule has 0 atom stereocenters. The second-order valence-corrected chi connectivity index (χ2v) is 16.2. The first-order valence-corrected chi connectivity index (χ1v) is 24.8. The van der Waals surface area contributed by atoms with Gasteiger partial charge in [-0.15, -0.1) is 25.3 Å². The number of hydrogen-bond acceptors (Lipinski definition) is 18. The van der Waals surface area contributed by atoms with Crippen molar-refractivity contribution in [2.24, 2.45) is 0 Å². The van der Waals surface area contributed by atoms with Gasteiger partial charge in [0.1, 0.15) is 49.4 Å². The molecule has 1 aliphatic rings. The van der Waals surface area contributed by atoms with Gasteiger partial charge in [-0.1, -0.05) is 48.5 Å². The van der Waals surface area contributed by atoms with Crippen LogP contribution in [0, 0.1) is 0 Å². The molecule has 0 saturated carbocycles. The van der Waals surface area contributed by atoms with E-state index in [0.29, 0.717) is 208 Å². The molecule has 0 aliphatic carbocycles. The van der Waals surface area contributed by atoms with Crippen LogP contribution in [0.25, 0.3) is 0 Å². The van der Waals surface area contributed by atoms with E-state index in [4.69, 9.17) is 101 Å². The molecule has 1 heterocycles. The Morgan fingerprint density at radius 1 is 0.229 bits per heavy atom. The second kappa shape index (κ2) is 38.0. The van der Waals surface area contributed by atoms with Gasteiger partial charge in [-0.2, -0.15) is 0 Å². The predicted molar refractivity (Wildman–Crippen MR) is 267 cm³/mol. The Kier molecular flexibility index (Phi) is 31.0. The van der Waals surface area contributed by atoms with Gasteiger partial charge in [-0.3, -0.25) is 0 Å². The highest BCUT2D eigenvalue weighted by Gasteiger charge is 2.09. The maximum absolute atomic E-state index is 5.84. The van der Waals surface area contributed by atoms with Gasteiger partial charge in [-0.05, 0) is 46.5 Å². The third-order valence-corrected chi connectivity index (χ3v) is 11.2. The highest BCUT2D eigenvalue weighted by Crippen LogP contribution is 2.23. The molecule has 16 nitrogen and oxygen atoms in total. The van der Waals surface area contributed by atoms with Crippen LogP contribution in [0.4, 0.5) is 0 Å². The molecule has 0 saturated heterocycles. The fourth-order valence-corrected chi connectivity index (χ4v) is 6.98. The number of ether oxygens (including phenoxy) is 16. The van der Waals surface area contributed by atoms with Gasteiger partial charge in [0.05, 0.1) is 159 Å². The molecule has 0 aromatic heterocycles. The lowest BCUT2D eigenvalue weighted by molar-refractivity contribution is 0.00425. The zero-order valence-electron chi connectivity index (χ0n) is 40.3. The molecule has 70 heavy (non-hydrogen) atoms. The number of benzene rings is 4. The van der Waals surface area contributed by atoms with Crippen LogP contribution in [0.1, 0.15) is 22.3 Å². The SMILES string of the molecule is Sc1c2cccc1COCCOCCOCCOc1cccc(c1)OCCOCCOCCOCc1cccc(c1S)COCCOCCOCCOc1cccc(c1)OCCOCCOCCOC2. The molecular formula is C52H72O16S2. The third kappa shape index (κ3) is 25.6. The molecule has 4 aromatic rings. The van der Waals surface area contributed by atoms with E-state index in [1.807, 2.05) is 84.9 Å². The molecule has 4 aromatic carbocycles. The van der Waals surface area contributed by atoms with Crippen LogP contribution in [-0.4, -0.2) is 159 Å². The van der Waals surface area contributed by atoms with Gasteiger partial charge in [0.2, 0.25) is 0 Å². The zero-order valence-corrected chi connectivity index (χ0v) is 42.1. The molecule has 0 radical (unpaired) electrons. The van der Waals surface area contributed by atoms with Crippen LogP contribution >= 0.6 is 25.3 Å². The first kappa shape index (κ1) is 57.2. The minimum absolute atomic E-state index is 0.400. The van der Waals surface area contributed by atoms with E-state index in [0.717, 1.165) is 32.0 Å². The number of fused-ring (bicyclic) bond motifs is 8. The van der Waals surface area contributed by atoms with Gasteiger partial charge in [0.25, 0.3) is 0 Å². The Labute approximate surface area is 424 Å². The van der Waals surface area contributed by atoms with Crippen molar-refractivity contribution in [2.75, 3.05) is 159 Å². The van der Waals surface area contributed by atoms with Crippen molar-refractivity contribution < 1.29 is 75.8 Å². The minimum Gasteiger partial charge on any atom is -0.491 e. The normalized spacial score (nSPS) is 18.9. The Hall–Kier alpha value is -3.70. The largest absolute Gasteiger partial charge is 0.491 e. The standard InChI is InChI=1S/C52H72O16S2/c69-51-43-5-1-6-44(51)40-62-26-22-54-14-18-58-30-34-66-48-10-4-12-50(38-48)68-36-32-60-20-16-56-24-28-64-42-46-8-2-7-45(52(46)70)41-63-27-23-55-15-19-59-31-35-67-49-11-3-9-47(37-49)65-33-29-57-17-13-53-21-25-61-39-43/h1-12,37-38,69-70H,13-36,39-42H2. The van der Waals surface area contributed by atoms with Crippen molar-refractivity contribution in [1.29, 1.82) is 0 Å². The summed E-state index contributed by atoms with van der Waals surface area (Å²) in [6, 6.07) is 26.9. The second-order valence-electron chi connectivity index (χ2n) is 15.3. The summed E-state index contributed by atoms with van der Waals surface area (Å²) in [5.74, 6) is 2.80. The Morgan fingerprint density at radius 3 is 0.643 bits per heavy atom. The van der Waals surface area contributed by atoms with Gasteiger partial charge >= 0.3 is 0 Å². The maximum atomic E-state index is 5.84. The summed E-state index contributed by atoms with van der Waals surface area (Å²) < 4.78 is 92.1. The zero-order chi connectivity index (χ0) is 48.8. The van der Waals surface area contributed by atoms with E-state index in [-0.39, 0.29) is 0 Å². The van der Waals surface area contributed by atoms with Gasteiger partial charge < -0.3 is 75.8 Å². The molecule has 18 heteroatoms. The summed E-state index contributed by atoms with van der Waals surface area (Å²) in [6.07, 6.45) is 0. The molecule has 388 valence electrons. The topological polar surface area (TPSA) is 148 Å².